The number of sulfonamides is 1. The highest BCUT2D eigenvalue weighted by molar-refractivity contribution is 7.89. The van der Waals surface area contributed by atoms with Gasteiger partial charge < -0.3 is 10.2 Å². The van der Waals surface area contributed by atoms with Gasteiger partial charge in [-0.15, -0.1) is 0 Å². The van der Waals surface area contributed by atoms with Gasteiger partial charge in [0.25, 0.3) is 5.69 Å². The van der Waals surface area contributed by atoms with Crippen molar-refractivity contribution in [1.82, 2.24) is 14.5 Å². The highest BCUT2D eigenvalue weighted by Gasteiger charge is 2.48. The molecule has 2 aliphatic heterocycles. The van der Waals surface area contributed by atoms with Crippen LogP contribution >= 0.6 is 11.6 Å². The lowest BCUT2D eigenvalue weighted by Crippen LogP contribution is -2.67. The zero-order chi connectivity index (χ0) is 33.9. The number of para-hydroxylation sites is 2. The topological polar surface area (TPSA) is 133 Å². The number of nitro groups is 1. The molecule has 250 valence electrons. The summed E-state index contributed by atoms with van der Waals surface area (Å²) in [6.45, 7) is 6.03. The van der Waals surface area contributed by atoms with Gasteiger partial charge in [0.2, 0.25) is 21.8 Å². The van der Waals surface area contributed by atoms with Crippen LogP contribution < -0.4 is 10.2 Å². The van der Waals surface area contributed by atoms with Gasteiger partial charge in [0, 0.05) is 37.3 Å². The molecule has 0 saturated carbocycles. The van der Waals surface area contributed by atoms with Crippen molar-refractivity contribution in [3.8, 4) is 0 Å². The number of hydrogen-bond acceptors (Lipinski definition) is 7. The minimum Gasteiger partial charge on any atom is -0.349 e. The minimum absolute atomic E-state index is 0.0287. The molecule has 0 aromatic heterocycles. The van der Waals surface area contributed by atoms with Crippen molar-refractivity contribution in [1.29, 1.82) is 0 Å². The number of rotatable bonds is 10. The average Bonchev–Trinajstić information content (AvgIpc) is 3.05. The fourth-order valence-electron chi connectivity index (χ4n) is 6.72. The van der Waals surface area contributed by atoms with Gasteiger partial charge in [0.15, 0.2) is 4.90 Å². The van der Waals surface area contributed by atoms with E-state index < -0.39 is 43.0 Å². The number of hydrogen-bond donors (Lipinski definition) is 1. The number of anilines is 1. The minimum atomic E-state index is -4.40. The first-order chi connectivity index (χ1) is 22.3. The molecule has 3 atom stereocenters. The summed E-state index contributed by atoms with van der Waals surface area (Å²) in [5.74, 6) is -1.29. The normalized spacial score (nSPS) is 21.3. The van der Waals surface area contributed by atoms with E-state index in [0.717, 1.165) is 18.1 Å². The molecule has 2 amide bonds. The van der Waals surface area contributed by atoms with Crippen molar-refractivity contribution < 1.29 is 22.9 Å². The van der Waals surface area contributed by atoms with Crippen LogP contribution in [0.3, 0.4) is 0 Å². The maximum absolute atomic E-state index is 14.1. The van der Waals surface area contributed by atoms with Gasteiger partial charge in [-0.05, 0) is 50.5 Å². The molecule has 47 heavy (non-hydrogen) atoms. The number of benzene rings is 3. The molecule has 3 aromatic rings. The predicted octanol–water partition coefficient (Wildman–Crippen LogP) is 5.41. The molecule has 2 aliphatic rings. The Morgan fingerprint density at radius 2 is 1.70 bits per heavy atom. The van der Waals surface area contributed by atoms with Crippen molar-refractivity contribution in [2.75, 3.05) is 31.1 Å². The van der Waals surface area contributed by atoms with Crippen molar-refractivity contribution in [2.45, 2.75) is 62.6 Å². The highest BCUT2D eigenvalue weighted by Crippen LogP contribution is 2.37. The van der Waals surface area contributed by atoms with Crippen LogP contribution in [0.5, 0.6) is 0 Å². The quantitative estimate of drug-likeness (QED) is 0.223. The summed E-state index contributed by atoms with van der Waals surface area (Å²) < 4.78 is 29.4. The van der Waals surface area contributed by atoms with Crippen molar-refractivity contribution in [3.63, 3.8) is 0 Å². The Bertz CT molecular complexity index is 1740. The van der Waals surface area contributed by atoms with Crippen molar-refractivity contribution in [3.05, 3.63) is 99.6 Å². The number of carbonyl (C=O) groups excluding carboxylic acids is 2. The van der Waals surface area contributed by atoms with E-state index in [2.05, 4.69) is 5.32 Å². The van der Waals surface area contributed by atoms with Crippen molar-refractivity contribution >= 4 is 44.8 Å². The summed E-state index contributed by atoms with van der Waals surface area (Å²) >= 11 is 6.45. The SMILES string of the molecule is CCC[C@@H](NC(=O)[C@H]1C[C@@H](N2CC(=O)N(c3ccccc3Cl)CC2(C)C)CN(S(=O)(=O)c2ccccc2[N+](=O)[O-])C1)c1ccccc1. The Morgan fingerprint density at radius 1 is 1.04 bits per heavy atom. The second-order valence-corrected chi connectivity index (χ2v) is 15.1. The third-order valence-electron chi connectivity index (χ3n) is 9.05. The Morgan fingerprint density at radius 3 is 2.38 bits per heavy atom. The molecule has 0 unspecified atom stereocenters. The Balaban J connectivity index is 1.49. The average molecular weight is 682 g/mol. The molecular formula is C34H40ClN5O6S. The van der Waals surface area contributed by atoms with Gasteiger partial charge in [-0.1, -0.05) is 79.5 Å². The summed E-state index contributed by atoms with van der Waals surface area (Å²) in [5.41, 5.74) is 0.365. The van der Waals surface area contributed by atoms with E-state index in [4.69, 9.17) is 11.6 Å². The molecule has 13 heteroatoms. The Kier molecular flexibility index (Phi) is 10.4. The van der Waals surface area contributed by atoms with Gasteiger partial charge in [-0.3, -0.25) is 24.6 Å². The lowest BCUT2D eigenvalue weighted by atomic mass is 9.88. The highest BCUT2D eigenvalue weighted by atomic mass is 35.5. The lowest BCUT2D eigenvalue weighted by molar-refractivity contribution is -0.387. The van der Waals surface area contributed by atoms with Gasteiger partial charge >= 0.3 is 0 Å². The second kappa shape index (κ2) is 14.1. The van der Waals surface area contributed by atoms with Gasteiger partial charge in [-0.2, -0.15) is 4.31 Å². The van der Waals surface area contributed by atoms with E-state index in [1.807, 2.05) is 62.1 Å². The molecule has 5 rings (SSSR count). The second-order valence-electron chi connectivity index (χ2n) is 12.8. The number of nitrogens with zero attached hydrogens (tertiary/aromatic N) is 4. The number of nitrogens with one attached hydrogen (secondary N) is 1. The number of carbonyl (C=O) groups is 2. The van der Waals surface area contributed by atoms with Gasteiger partial charge in [0.1, 0.15) is 0 Å². The number of piperidine rings is 1. The van der Waals surface area contributed by atoms with E-state index in [1.54, 1.807) is 23.1 Å². The molecular weight excluding hydrogens is 642 g/mol. The van der Waals surface area contributed by atoms with Crippen molar-refractivity contribution in [2.24, 2.45) is 5.92 Å². The lowest BCUT2D eigenvalue weighted by Gasteiger charge is -2.52. The summed E-state index contributed by atoms with van der Waals surface area (Å²) in [6.07, 6.45) is 1.80. The van der Waals surface area contributed by atoms with Crippen LogP contribution in [-0.4, -0.2) is 72.1 Å². The van der Waals surface area contributed by atoms with Gasteiger partial charge in [0.05, 0.1) is 34.1 Å². The zero-order valence-corrected chi connectivity index (χ0v) is 28.3. The molecule has 2 heterocycles. The third kappa shape index (κ3) is 7.35. The van der Waals surface area contributed by atoms with Crippen LogP contribution in [0.15, 0.2) is 83.8 Å². The summed E-state index contributed by atoms with van der Waals surface area (Å²) in [6, 6.07) is 21.1. The monoisotopic (exact) mass is 681 g/mol. The molecule has 2 saturated heterocycles. The number of piperazine rings is 1. The fraction of sp³-hybridized carbons (Fsp3) is 0.412. The summed E-state index contributed by atoms with van der Waals surface area (Å²) in [7, 11) is -4.40. The van der Waals surface area contributed by atoms with Crippen LogP contribution in [0.25, 0.3) is 0 Å². The maximum Gasteiger partial charge on any atom is 0.289 e. The summed E-state index contributed by atoms with van der Waals surface area (Å²) in [4.78, 5) is 42.0. The smallest absolute Gasteiger partial charge is 0.289 e. The maximum atomic E-state index is 14.1. The van der Waals surface area contributed by atoms with E-state index in [0.29, 0.717) is 23.6 Å². The van der Waals surface area contributed by atoms with E-state index >= 15 is 0 Å². The predicted molar refractivity (Wildman–Crippen MR) is 181 cm³/mol. The van der Waals surface area contributed by atoms with E-state index in [9.17, 15) is 28.1 Å². The first kappa shape index (κ1) is 34.5. The van der Waals surface area contributed by atoms with Crippen LogP contribution in [0.1, 0.15) is 51.6 Å². The standard InChI is InChI=1S/C34H40ClN5O6S/c1-4-12-28(24-13-6-5-7-14-24)36-33(42)25-19-26(21-37(20-25)47(45,46)31-18-11-10-17-30(31)40(43)44)39-22-32(41)38(23-34(39,2)3)29-16-9-8-15-27(29)35/h5-11,13-18,25-26,28H,4,12,19-23H2,1-3H3,(H,36,42)/t25-,26+,28+/m0/s1. The number of nitro benzene ring substituents is 1. The Hall–Kier alpha value is -3.84. The molecule has 2 fully saturated rings. The molecule has 11 nitrogen and oxygen atoms in total. The van der Waals surface area contributed by atoms with Crippen LogP contribution in [0.4, 0.5) is 11.4 Å². The number of amides is 2. The van der Waals surface area contributed by atoms with E-state index in [-0.39, 0.29) is 44.0 Å². The third-order valence-corrected chi connectivity index (χ3v) is 11.3. The first-order valence-electron chi connectivity index (χ1n) is 15.7. The number of halogens is 1. The largest absolute Gasteiger partial charge is 0.349 e. The van der Waals surface area contributed by atoms with Gasteiger partial charge in [-0.25, -0.2) is 8.42 Å². The molecule has 1 N–H and O–H groups in total. The molecule has 0 aliphatic carbocycles. The Labute approximate surface area is 280 Å². The molecule has 0 spiro atoms. The fourth-order valence-corrected chi connectivity index (χ4v) is 8.64. The van der Waals surface area contributed by atoms with Crippen LogP contribution in [0, 0.1) is 16.0 Å². The van der Waals surface area contributed by atoms with Crippen LogP contribution in [0.2, 0.25) is 5.02 Å². The molecule has 0 bridgehead atoms. The molecule has 3 aromatic carbocycles. The zero-order valence-electron chi connectivity index (χ0n) is 26.7. The summed E-state index contributed by atoms with van der Waals surface area (Å²) in [5, 5.41) is 15.4. The van der Waals surface area contributed by atoms with Crippen LogP contribution in [-0.2, 0) is 19.6 Å². The first-order valence-corrected chi connectivity index (χ1v) is 17.6. The van der Waals surface area contributed by atoms with E-state index in [1.165, 1.54) is 22.5 Å². The molecule has 0 radical (unpaired) electrons.